The smallest absolute Gasteiger partial charge is 0.293 e. The Labute approximate surface area is 160 Å². The Morgan fingerprint density at radius 3 is 2.54 bits per heavy atom. The standard InChI is InChI=1S/C18H26N4O3.ClH/c1-13-5-8-20(9-6-13)16-4-3-15(11-17(16)22(24)25)18(23)21-10-7-19-12-14(21)2;/h3-4,11,13-14,19H,5-10,12H2,1-2H3;1H/t14-;/m1./s1. The number of piperazine rings is 1. The van der Waals surface area contributed by atoms with Gasteiger partial charge in [0.25, 0.3) is 11.6 Å². The van der Waals surface area contributed by atoms with E-state index in [-0.39, 0.29) is 35.0 Å². The fourth-order valence-electron chi connectivity index (χ4n) is 3.63. The molecule has 0 spiro atoms. The number of amides is 1. The number of nitrogens with one attached hydrogen (secondary N) is 1. The molecule has 2 aliphatic heterocycles. The summed E-state index contributed by atoms with van der Waals surface area (Å²) in [4.78, 5) is 27.9. The topological polar surface area (TPSA) is 78.7 Å². The van der Waals surface area contributed by atoms with Crippen LogP contribution in [0.3, 0.4) is 0 Å². The van der Waals surface area contributed by atoms with Gasteiger partial charge in [-0.25, -0.2) is 0 Å². The van der Waals surface area contributed by atoms with Crippen LogP contribution < -0.4 is 10.2 Å². The lowest BCUT2D eigenvalue weighted by Crippen LogP contribution is -2.52. The molecule has 0 radical (unpaired) electrons. The number of nitrogens with zero attached hydrogens (tertiary/aromatic N) is 3. The first-order chi connectivity index (χ1) is 12.0. The first-order valence-corrected chi connectivity index (χ1v) is 9.02. The third kappa shape index (κ3) is 4.27. The highest BCUT2D eigenvalue weighted by Gasteiger charge is 2.28. The molecule has 8 heteroatoms. The Morgan fingerprint density at radius 1 is 1.23 bits per heavy atom. The van der Waals surface area contributed by atoms with E-state index in [1.165, 1.54) is 6.07 Å². The van der Waals surface area contributed by atoms with Crippen molar-refractivity contribution in [1.82, 2.24) is 10.2 Å². The van der Waals surface area contributed by atoms with Crippen molar-refractivity contribution in [3.63, 3.8) is 0 Å². The minimum atomic E-state index is -0.370. The molecule has 1 amide bonds. The van der Waals surface area contributed by atoms with Gasteiger partial charge in [-0.1, -0.05) is 6.92 Å². The normalized spacial score (nSPS) is 21.2. The van der Waals surface area contributed by atoms with Crippen LogP contribution in [0.25, 0.3) is 0 Å². The van der Waals surface area contributed by atoms with Crippen molar-refractivity contribution in [2.45, 2.75) is 32.7 Å². The van der Waals surface area contributed by atoms with Crippen molar-refractivity contribution in [3.05, 3.63) is 33.9 Å². The van der Waals surface area contributed by atoms with Crippen molar-refractivity contribution < 1.29 is 9.72 Å². The summed E-state index contributed by atoms with van der Waals surface area (Å²) in [5, 5.41) is 14.8. The second-order valence-corrected chi connectivity index (χ2v) is 7.18. The lowest BCUT2D eigenvalue weighted by Gasteiger charge is -2.34. The van der Waals surface area contributed by atoms with Crippen LogP contribution in [-0.2, 0) is 0 Å². The molecule has 144 valence electrons. The van der Waals surface area contributed by atoms with E-state index in [0.717, 1.165) is 39.0 Å². The highest BCUT2D eigenvalue weighted by molar-refractivity contribution is 5.96. The number of piperidine rings is 1. The monoisotopic (exact) mass is 382 g/mol. The van der Waals surface area contributed by atoms with Gasteiger partial charge in [0.2, 0.25) is 0 Å². The zero-order valence-electron chi connectivity index (χ0n) is 15.3. The molecule has 1 aromatic carbocycles. The van der Waals surface area contributed by atoms with E-state index in [1.54, 1.807) is 17.0 Å². The van der Waals surface area contributed by atoms with Crippen LogP contribution >= 0.6 is 12.4 Å². The molecular weight excluding hydrogens is 356 g/mol. The van der Waals surface area contributed by atoms with Crippen LogP contribution in [-0.4, -0.2) is 54.5 Å². The van der Waals surface area contributed by atoms with E-state index >= 15 is 0 Å². The quantitative estimate of drug-likeness (QED) is 0.642. The van der Waals surface area contributed by atoms with E-state index in [4.69, 9.17) is 0 Å². The first-order valence-electron chi connectivity index (χ1n) is 9.02. The van der Waals surface area contributed by atoms with Crippen molar-refractivity contribution in [1.29, 1.82) is 0 Å². The maximum Gasteiger partial charge on any atom is 0.293 e. The van der Waals surface area contributed by atoms with Gasteiger partial charge in [0.1, 0.15) is 5.69 Å². The number of halogens is 1. The van der Waals surface area contributed by atoms with Crippen molar-refractivity contribution in [3.8, 4) is 0 Å². The molecule has 1 aromatic rings. The van der Waals surface area contributed by atoms with Crippen molar-refractivity contribution >= 4 is 29.7 Å². The number of anilines is 1. The van der Waals surface area contributed by atoms with E-state index in [0.29, 0.717) is 23.7 Å². The lowest BCUT2D eigenvalue weighted by molar-refractivity contribution is -0.384. The maximum atomic E-state index is 12.8. The summed E-state index contributed by atoms with van der Waals surface area (Å²) >= 11 is 0. The van der Waals surface area contributed by atoms with Gasteiger partial charge in [0.15, 0.2) is 0 Å². The van der Waals surface area contributed by atoms with Gasteiger partial charge >= 0.3 is 0 Å². The summed E-state index contributed by atoms with van der Waals surface area (Å²) < 4.78 is 0. The molecule has 1 atom stereocenters. The van der Waals surface area contributed by atoms with Gasteiger partial charge in [0.05, 0.1) is 4.92 Å². The maximum absolute atomic E-state index is 12.8. The molecule has 2 saturated heterocycles. The minimum absolute atomic E-state index is 0. The van der Waals surface area contributed by atoms with E-state index < -0.39 is 0 Å². The zero-order valence-corrected chi connectivity index (χ0v) is 16.1. The Balaban J connectivity index is 0.00000243. The van der Waals surface area contributed by atoms with Crippen molar-refractivity contribution in [2.24, 2.45) is 5.92 Å². The largest absolute Gasteiger partial charge is 0.366 e. The first kappa shape index (κ1) is 20.5. The fourth-order valence-corrected chi connectivity index (χ4v) is 3.63. The summed E-state index contributed by atoms with van der Waals surface area (Å²) in [5.74, 6) is 0.529. The third-order valence-electron chi connectivity index (χ3n) is 5.31. The number of nitro benzene ring substituents is 1. The average Bonchev–Trinajstić information content (AvgIpc) is 2.62. The van der Waals surface area contributed by atoms with Crippen LogP contribution in [0.15, 0.2) is 18.2 Å². The number of hydrogen-bond acceptors (Lipinski definition) is 5. The Kier molecular flexibility index (Phi) is 6.83. The number of nitro groups is 1. The highest BCUT2D eigenvalue weighted by atomic mass is 35.5. The predicted octanol–water partition coefficient (Wildman–Crippen LogP) is 2.69. The fraction of sp³-hybridized carbons (Fsp3) is 0.611. The molecule has 1 N–H and O–H groups in total. The lowest BCUT2D eigenvalue weighted by atomic mass is 9.98. The number of hydrogen-bond donors (Lipinski definition) is 1. The Hall–Kier alpha value is -1.86. The number of carbonyl (C=O) groups excluding carboxylic acids is 1. The van der Waals surface area contributed by atoms with E-state index in [9.17, 15) is 14.9 Å². The van der Waals surface area contributed by atoms with Crippen LogP contribution in [0.1, 0.15) is 37.0 Å². The molecule has 26 heavy (non-hydrogen) atoms. The van der Waals surface area contributed by atoms with Crippen molar-refractivity contribution in [2.75, 3.05) is 37.6 Å². The molecule has 3 rings (SSSR count). The highest BCUT2D eigenvalue weighted by Crippen LogP contribution is 2.32. The average molecular weight is 383 g/mol. The second-order valence-electron chi connectivity index (χ2n) is 7.18. The summed E-state index contributed by atoms with van der Waals surface area (Å²) in [6, 6.07) is 5.01. The van der Waals surface area contributed by atoms with E-state index in [1.807, 2.05) is 6.92 Å². The zero-order chi connectivity index (χ0) is 18.0. The molecule has 7 nitrogen and oxygen atoms in total. The number of benzene rings is 1. The second kappa shape index (κ2) is 8.68. The molecule has 2 aliphatic rings. The Morgan fingerprint density at radius 2 is 1.92 bits per heavy atom. The van der Waals surface area contributed by atoms with Gasteiger partial charge in [-0.15, -0.1) is 12.4 Å². The Bertz CT molecular complexity index is 662. The summed E-state index contributed by atoms with van der Waals surface area (Å²) in [5.41, 5.74) is 1.06. The number of carbonyl (C=O) groups is 1. The van der Waals surface area contributed by atoms with Gasteiger partial charge in [-0.2, -0.15) is 0 Å². The summed E-state index contributed by atoms with van der Waals surface area (Å²) in [7, 11) is 0. The van der Waals surface area contributed by atoms with Crippen LogP contribution in [0, 0.1) is 16.0 Å². The predicted molar refractivity (Wildman–Crippen MR) is 104 cm³/mol. The van der Waals surface area contributed by atoms with Gasteiger partial charge in [-0.05, 0) is 37.8 Å². The van der Waals surface area contributed by atoms with E-state index in [2.05, 4.69) is 17.1 Å². The minimum Gasteiger partial charge on any atom is -0.366 e. The van der Waals surface area contributed by atoms with Crippen LogP contribution in [0.2, 0.25) is 0 Å². The SMILES string of the molecule is CC1CCN(c2ccc(C(=O)N3CCNC[C@H]3C)cc2[N+](=O)[O-])CC1.Cl. The van der Waals surface area contributed by atoms with Crippen LogP contribution in [0.5, 0.6) is 0 Å². The summed E-state index contributed by atoms with van der Waals surface area (Å²) in [6.07, 6.45) is 2.08. The van der Waals surface area contributed by atoms with Gasteiger partial charge < -0.3 is 15.1 Å². The van der Waals surface area contributed by atoms with Crippen LogP contribution in [0.4, 0.5) is 11.4 Å². The molecular formula is C18H27ClN4O3. The molecule has 0 aliphatic carbocycles. The van der Waals surface area contributed by atoms with Gasteiger partial charge in [-0.3, -0.25) is 14.9 Å². The molecule has 0 aromatic heterocycles. The number of rotatable bonds is 3. The third-order valence-corrected chi connectivity index (χ3v) is 5.31. The molecule has 2 heterocycles. The molecule has 2 fully saturated rings. The molecule has 0 saturated carbocycles. The molecule has 0 bridgehead atoms. The molecule has 0 unspecified atom stereocenters. The van der Waals surface area contributed by atoms with Gasteiger partial charge in [0, 0.05) is 50.4 Å². The summed E-state index contributed by atoms with van der Waals surface area (Å²) in [6.45, 7) is 7.97.